The van der Waals surface area contributed by atoms with Crippen molar-refractivity contribution in [3.8, 4) is 10.7 Å². The second-order valence-electron chi connectivity index (χ2n) is 6.62. The van der Waals surface area contributed by atoms with Gasteiger partial charge in [0.2, 0.25) is 5.13 Å². The Balaban J connectivity index is 1.34. The summed E-state index contributed by atoms with van der Waals surface area (Å²) >= 11 is 1.18. The standard InChI is InChI=1S/C21H13N5O4S/c27-17(23-21-25-24-18(31-21)16-5-1-2-8-22-16)12-6-7-14-15(10-12)20(29)26(19(14)28)11-13-4-3-9-30-13/h1-10H,11H2,(H,23,25,27). The van der Waals surface area contributed by atoms with Gasteiger partial charge in [-0.2, -0.15) is 0 Å². The fraction of sp³-hybridized carbons (Fsp3) is 0.0476. The van der Waals surface area contributed by atoms with Crippen molar-refractivity contribution in [2.75, 3.05) is 5.32 Å². The Labute approximate surface area is 179 Å². The number of aromatic nitrogens is 3. The van der Waals surface area contributed by atoms with Gasteiger partial charge >= 0.3 is 0 Å². The summed E-state index contributed by atoms with van der Waals surface area (Å²) < 4.78 is 5.23. The monoisotopic (exact) mass is 431 g/mol. The van der Waals surface area contributed by atoms with Gasteiger partial charge in [0.15, 0.2) is 5.01 Å². The molecule has 9 nitrogen and oxygen atoms in total. The van der Waals surface area contributed by atoms with Crippen LogP contribution < -0.4 is 5.32 Å². The number of rotatable bonds is 5. The molecule has 0 saturated heterocycles. The van der Waals surface area contributed by atoms with Gasteiger partial charge in [-0.05, 0) is 42.5 Å². The van der Waals surface area contributed by atoms with Crippen LogP contribution in [0.3, 0.4) is 0 Å². The van der Waals surface area contributed by atoms with Crippen molar-refractivity contribution in [2.24, 2.45) is 0 Å². The molecule has 4 aromatic rings. The number of hydrogen-bond acceptors (Lipinski definition) is 8. The van der Waals surface area contributed by atoms with Crippen molar-refractivity contribution in [2.45, 2.75) is 6.54 Å². The van der Waals surface area contributed by atoms with E-state index in [0.29, 0.717) is 21.6 Å². The van der Waals surface area contributed by atoms with Crippen LogP contribution in [-0.4, -0.2) is 37.8 Å². The molecule has 1 aliphatic heterocycles. The number of imide groups is 1. The molecular formula is C21H13N5O4S. The summed E-state index contributed by atoms with van der Waals surface area (Å²) in [6.45, 7) is 0.0297. The smallest absolute Gasteiger partial charge is 0.261 e. The zero-order chi connectivity index (χ0) is 21.4. The van der Waals surface area contributed by atoms with Gasteiger partial charge in [-0.25, -0.2) is 0 Å². The number of anilines is 1. The number of amides is 3. The van der Waals surface area contributed by atoms with Crippen molar-refractivity contribution in [1.29, 1.82) is 0 Å². The van der Waals surface area contributed by atoms with E-state index in [-0.39, 0.29) is 23.2 Å². The first-order valence-corrected chi connectivity index (χ1v) is 10.0. The molecule has 0 spiro atoms. The molecular weight excluding hydrogens is 418 g/mol. The molecule has 1 aliphatic rings. The summed E-state index contributed by atoms with van der Waals surface area (Å²) in [5.74, 6) is -0.865. The minimum Gasteiger partial charge on any atom is -0.467 e. The minimum atomic E-state index is -0.473. The van der Waals surface area contributed by atoms with E-state index in [0.717, 1.165) is 4.90 Å². The number of pyridine rings is 1. The number of benzene rings is 1. The molecule has 0 aliphatic carbocycles. The zero-order valence-electron chi connectivity index (χ0n) is 15.8. The molecule has 10 heteroatoms. The van der Waals surface area contributed by atoms with Crippen LogP contribution in [0, 0.1) is 0 Å². The van der Waals surface area contributed by atoms with E-state index >= 15 is 0 Å². The van der Waals surface area contributed by atoms with Gasteiger partial charge in [0.05, 0.1) is 23.9 Å². The summed E-state index contributed by atoms with van der Waals surface area (Å²) in [6.07, 6.45) is 3.12. The lowest BCUT2D eigenvalue weighted by Crippen LogP contribution is -2.28. The normalized spacial score (nSPS) is 12.8. The maximum atomic E-state index is 12.7. The number of carbonyl (C=O) groups excluding carboxylic acids is 3. The van der Waals surface area contributed by atoms with Crippen molar-refractivity contribution < 1.29 is 18.8 Å². The zero-order valence-corrected chi connectivity index (χ0v) is 16.6. The molecule has 5 rings (SSSR count). The molecule has 4 heterocycles. The van der Waals surface area contributed by atoms with Crippen LogP contribution in [0.2, 0.25) is 0 Å². The average molecular weight is 431 g/mol. The fourth-order valence-electron chi connectivity index (χ4n) is 3.17. The highest BCUT2D eigenvalue weighted by atomic mass is 32.1. The van der Waals surface area contributed by atoms with Gasteiger partial charge in [-0.3, -0.25) is 29.6 Å². The number of carbonyl (C=O) groups is 3. The summed E-state index contributed by atoms with van der Waals surface area (Å²) in [6, 6.07) is 13.2. The first-order valence-electron chi connectivity index (χ1n) is 9.19. The highest BCUT2D eigenvalue weighted by Crippen LogP contribution is 2.27. The predicted molar refractivity (Wildman–Crippen MR) is 110 cm³/mol. The third-order valence-electron chi connectivity index (χ3n) is 4.66. The maximum Gasteiger partial charge on any atom is 0.261 e. The SMILES string of the molecule is O=C(Nc1nnc(-c2ccccn2)s1)c1ccc2c(c1)C(=O)N(Cc1ccco1)C2=O. The second kappa shape index (κ2) is 7.58. The molecule has 3 amide bonds. The van der Waals surface area contributed by atoms with E-state index < -0.39 is 17.7 Å². The fourth-order valence-corrected chi connectivity index (χ4v) is 3.89. The Kier molecular flexibility index (Phi) is 4.60. The van der Waals surface area contributed by atoms with Crippen molar-refractivity contribution in [3.63, 3.8) is 0 Å². The van der Waals surface area contributed by atoms with E-state index in [1.54, 1.807) is 30.5 Å². The van der Waals surface area contributed by atoms with Crippen LogP contribution in [-0.2, 0) is 6.54 Å². The van der Waals surface area contributed by atoms with Crippen LogP contribution in [0.4, 0.5) is 5.13 Å². The van der Waals surface area contributed by atoms with Crippen molar-refractivity contribution in [1.82, 2.24) is 20.1 Å². The van der Waals surface area contributed by atoms with Crippen molar-refractivity contribution in [3.05, 3.63) is 83.4 Å². The van der Waals surface area contributed by atoms with Crippen LogP contribution in [0.5, 0.6) is 0 Å². The summed E-state index contributed by atoms with van der Waals surface area (Å²) in [5.41, 5.74) is 1.31. The minimum absolute atomic E-state index is 0.0297. The molecule has 0 bridgehead atoms. The molecule has 1 aromatic carbocycles. The third kappa shape index (κ3) is 3.49. The molecule has 0 saturated carbocycles. The van der Waals surface area contributed by atoms with Gasteiger partial charge in [0, 0.05) is 11.8 Å². The molecule has 0 fully saturated rings. The summed E-state index contributed by atoms with van der Waals surface area (Å²) in [7, 11) is 0. The highest BCUT2D eigenvalue weighted by molar-refractivity contribution is 7.18. The van der Waals surface area contributed by atoms with E-state index in [4.69, 9.17) is 4.42 Å². The summed E-state index contributed by atoms with van der Waals surface area (Å²) in [5, 5.41) is 11.5. The van der Waals surface area contributed by atoms with Crippen LogP contribution >= 0.6 is 11.3 Å². The topological polar surface area (TPSA) is 118 Å². The van der Waals surface area contributed by atoms with E-state index in [9.17, 15) is 14.4 Å². The van der Waals surface area contributed by atoms with E-state index in [2.05, 4.69) is 20.5 Å². The lowest BCUT2D eigenvalue weighted by molar-refractivity contribution is 0.0631. The molecule has 31 heavy (non-hydrogen) atoms. The molecule has 0 radical (unpaired) electrons. The average Bonchev–Trinajstić information content (AvgIpc) is 3.53. The Hall–Kier alpha value is -4.18. The van der Waals surface area contributed by atoms with Crippen LogP contribution in [0.25, 0.3) is 10.7 Å². The van der Waals surface area contributed by atoms with Gasteiger partial charge < -0.3 is 4.42 Å². The first kappa shape index (κ1) is 18.8. The first-order chi connectivity index (χ1) is 15.1. The molecule has 1 N–H and O–H groups in total. The number of hydrogen-bond donors (Lipinski definition) is 1. The Morgan fingerprint density at radius 2 is 1.90 bits per heavy atom. The Morgan fingerprint density at radius 3 is 2.68 bits per heavy atom. The number of fused-ring (bicyclic) bond motifs is 1. The largest absolute Gasteiger partial charge is 0.467 e. The van der Waals surface area contributed by atoms with Crippen LogP contribution in [0.15, 0.2) is 65.4 Å². The quantitative estimate of drug-likeness (QED) is 0.482. The predicted octanol–water partition coefficient (Wildman–Crippen LogP) is 3.24. The molecule has 3 aromatic heterocycles. The number of furan rings is 1. The van der Waals surface area contributed by atoms with E-state index in [1.165, 1.54) is 35.8 Å². The summed E-state index contributed by atoms with van der Waals surface area (Å²) in [4.78, 5) is 43.3. The Morgan fingerprint density at radius 1 is 1.03 bits per heavy atom. The second-order valence-corrected chi connectivity index (χ2v) is 7.60. The van der Waals surface area contributed by atoms with Gasteiger partial charge in [-0.15, -0.1) is 10.2 Å². The maximum absolute atomic E-state index is 12.7. The molecule has 152 valence electrons. The number of nitrogens with zero attached hydrogens (tertiary/aromatic N) is 4. The van der Waals surface area contributed by atoms with Gasteiger partial charge in [-0.1, -0.05) is 17.4 Å². The molecule has 0 unspecified atom stereocenters. The third-order valence-corrected chi connectivity index (χ3v) is 5.52. The lowest BCUT2D eigenvalue weighted by Gasteiger charge is -2.11. The lowest BCUT2D eigenvalue weighted by atomic mass is 10.1. The van der Waals surface area contributed by atoms with Crippen LogP contribution in [0.1, 0.15) is 36.8 Å². The highest BCUT2D eigenvalue weighted by Gasteiger charge is 2.36. The Bertz CT molecular complexity index is 1300. The van der Waals surface area contributed by atoms with E-state index in [1.807, 2.05) is 6.07 Å². The van der Waals surface area contributed by atoms with Crippen molar-refractivity contribution >= 4 is 34.2 Å². The van der Waals surface area contributed by atoms with Gasteiger partial charge in [0.1, 0.15) is 11.5 Å². The molecule has 0 atom stereocenters. The number of nitrogens with one attached hydrogen (secondary N) is 1. The van der Waals surface area contributed by atoms with Gasteiger partial charge in [0.25, 0.3) is 17.7 Å².